The van der Waals surface area contributed by atoms with Crippen LogP contribution in [0.15, 0.2) is 20.5 Å². The molecule has 0 bridgehead atoms. The third-order valence-electron chi connectivity index (χ3n) is 4.81. The maximum absolute atomic E-state index is 12.3. The Bertz CT molecular complexity index is 769. The molecule has 4 rings (SSSR count). The zero-order valence-corrected chi connectivity index (χ0v) is 16.7. The molecule has 0 amide bonds. The molecule has 0 radical (unpaired) electrons. The molecule has 0 spiro atoms. The Balaban J connectivity index is 0.000000299. The van der Waals surface area contributed by atoms with E-state index in [1.165, 1.54) is 44.8 Å². The molecule has 2 aliphatic rings. The molecule has 0 aromatic carbocycles. The fraction of sp³-hybridized carbons (Fsp3) is 0.667. The molecule has 4 heterocycles. The third-order valence-corrected chi connectivity index (χ3v) is 4.98. The molecule has 2 aliphatic heterocycles. The van der Waals surface area contributed by atoms with E-state index < -0.39 is 0 Å². The van der Waals surface area contributed by atoms with Crippen LogP contribution in [0.2, 0.25) is 0 Å². The van der Waals surface area contributed by atoms with Gasteiger partial charge in [-0.25, -0.2) is 4.98 Å². The van der Waals surface area contributed by atoms with Crippen LogP contribution < -0.4 is 15.8 Å². The van der Waals surface area contributed by atoms with Crippen molar-refractivity contribution in [3.8, 4) is 0 Å². The first kappa shape index (κ1) is 19.8. The molecule has 8 nitrogen and oxygen atoms in total. The summed E-state index contributed by atoms with van der Waals surface area (Å²) in [7, 11) is 0. The second-order valence-corrected chi connectivity index (χ2v) is 7.41. The summed E-state index contributed by atoms with van der Waals surface area (Å²) in [5.41, 5.74) is 0.596. The summed E-state index contributed by atoms with van der Waals surface area (Å²) in [6.45, 7) is 6.59. The van der Waals surface area contributed by atoms with E-state index in [1.807, 2.05) is 6.92 Å². The van der Waals surface area contributed by atoms with Crippen molar-refractivity contribution >= 4 is 18.6 Å². The molecule has 2 aromatic rings. The number of aryl methyl sites for hydroxylation is 1. The minimum absolute atomic E-state index is 0.0812. The molecule has 0 unspecified atom stereocenters. The van der Waals surface area contributed by atoms with Crippen LogP contribution in [0.4, 0.5) is 5.95 Å². The summed E-state index contributed by atoms with van der Waals surface area (Å²) >= 11 is 4.81. The lowest BCUT2D eigenvalue weighted by Gasteiger charge is -2.29. The average molecular weight is 393 g/mol. The average Bonchev–Trinajstić information content (AvgIpc) is 3.11. The fourth-order valence-corrected chi connectivity index (χ4v) is 3.56. The number of rotatable bonds is 3. The maximum atomic E-state index is 12.3. The van der Waals surface area contributed by atoms with Crippen molar-refractivity contribution in [3.05, 3.63) is 28.0 Å². The molecule has 148 valence electrons. The van der Waals surface area contributed by atoms with Gasteiger partial charge in [0, 0.05) is 24.8 Å². The number of anilines is 1. The maximum Gasteiger partial charge on any atom is 0.255 e. The van der Waals surface area contributed by atoms with Crippen LogP contribution in [-0.4, -0.2) is 45.9 Å². The van der Waals surface area contributed by atoms with Gasteiger partial charge in [-0.05, 0) is 45.4 Å². The molecule has 27 heavy (non-hydrogen) atoms. The van der Waals surface area contributed by atoms with E-state index in [0.29, 0.717) is 17.5 Å². The first-order valence-corrected chi connectivity index (χ1v) is 10.2. The number of aromatic nitrogens is 4. The number of quaternary nitrogens is 1. The number of hydrogen-bond donors (Lipinski definition) is 1. The van der Waals surface area contributed by atoms with Crippen molar-refractivity contribution in [2.75, 3.05) is 31.1 Å². The van der Waals surface area contributed by atoms with E-state index in [0.717, 1.165) is 25.9 Å². The van der Waals surface area contributed by atoms with Gasteiger partial charge in [-0.2, -0.15) is 0 Å². The van der Waals surface area contributed by atoms with E-state index in [-0.39, 0.29) is 17.3 Å². The summed E-state index contributed by atoms with van der Waals surface area (Å²) in [5.74, 6) is 0.995. The lowest BCUT2D eigenvalue weighted by molar-refractivity contribution is -0.662. The van der Waals surface area contributed by atoms with Gasteiger partial charge in [0.05, 0.1) is 18.3 Å². The summed E-state index contributed by atoms with van der Waals surface area (Å²) in [6.07, 6.45) is 7.80. The Kier molecular flexibility index (Phi) is 7.17. The zero-order valence-electron chi connectivity index (χ0n) is 15.9. The lowest BCUT2D eigenvalue weighted by atomic mass is 10.1. The SMILES string of the molecule is C1CC[NH2+]CC1.Cc1cc(=O)n(Cc2nnc([S-])o2)c(N2CCCCC2)n1. The molecule has 0 atom stereocenters. The van der Waals surface area contributed by atoms with Gasteiger partial charge in [0.2, 0.25) is 11.8 Å². The summed E-state index contributed by atoms with van der Waals surface area (Å²) in [6, 6.07) is 1.51. The van der Waals surface area contributed by atoms with E-state index in [1.54, 1.807) is 4.57 Å². The number of nitrogens with two attached hydrogens (primary N) is 1. The Morgan fingerprint density at radius 3 is 2.37 bits per heavy atom. The molecule has 0 aliphatic carbocycles. The van der Waals surface area contributed by atoms with Crippen molar-refractivity contribution in [2.45, 2.75) is 57.2 Å². The number of piperidine rings is 2. The minimum Gasteiger partial charge on any atom is -0.719 e. The second kappa shape index (κ2) is 9.80. The molecule has 2 aromatic heterocycles. The van der Waals surface area contributed by atoms with Gasteiger partial charge in [-0.3, -0.25) is 9.36 Å². The van der Waals surface area contributed by atoms with E-state index >= 15 is 0 Å². The highest BCUT2D eigenvalue weighted by Crippen LogP contribution is 2.17. The highest BCUT2D eigenvalue weighted by molar-refractivity contribution is 7.58. The predicted octanol–water partition coefficient (Wildman–Crippen LogP) is 0.613. The molecule has 2 saturated heterocycles. The van der Waals surface area contributed by atoms with Crippen LogP contribution in [0.25, 0.3) is 0 Å². The van der Waals surface area contributed by atoms with E-state index in [9.17, 15) is 4.79 Å². The lowest BCUT2D eigenvalue weighted by Crippen LogP contribution is -2.85. The largest absolute Gasteiger partial charge is 0.719 e. The quantitative estimate of drug-likeness (QED) is 0.765. The molecule has 2 N–H and O–H groups in total. The number of nitrogens with zero attached hydrogens (tertiary/aromatic N) is 5. The van der Waals surface area contributed by atoms with Crippen LogP contribution in [0.3, 0.4) is 0 Å². The topological polar surface area (TPSA) is 93.7 Å². The van der Waals surface area contributed by atoms with Gasteiger partial charge in [0.1, 0.15) is 6.54 Å². The summed E-state index contributed by atoms with van der Waals surface area (Å²) in [4.78, 5) is 19.0. The Labute approximate surface area is 164 Å². The van der Waals surface area contributed by atoms with Crippen LogP contribution in [-0.2, 0) is 19.2 Å². The van der Waals surface area contributed by atoms with E-state index in [2.05, 4.69) is 25.4 Å². The first-order valence-electron chi connectivity index (χ1n) is 9.78. The van der Waals surface area contributed by atoms with Gasteiger partial charge in [-0.1, -0.05) is 0 Å². The summed E-state index contributed by atoms with van der Waals surface area (Å²) in [5, 5.41) is 9.96. The Morgan fingerprint density at radius 2 is 1.81 bits per heavy atom. The van der Waals surface area contributed by atoms with Gasteiger partial charge >= 0.3 is 0 Å². The van der Waals surface area contributed by atoms with Gasteiger partial charge in [-0.15, -0.1) is 10.2 Å². The van der Waals surface area contributed by atoms with E-state index in [4.69, 9.17) is 17.0 Å². The predicted molar refractivity (Wildman–Crippen MR) is 104 cm³/mol. The Morgan fingerprint density at radius 1 is 1.11 bits per heavy atom. The standard InChI is InChI=1S/C13H17N5O2S.C5H11N/c1-9-7-11(19)18(8-10-15-16-13(21)20-10)12(14-9)17-5-3-2-4-6-17;1-2-4-6-5-3-1/h7H,2-6,8H2,1H3,(H,16,21);6H,1-5H2. The van der Waals surface area contributed by atoms with Gasteiger partial charge < -0.3 is 27.3 Å². The van der Waals surface area contributed by atoms with Crippen LogP contribution >= 0.6 is 0 Å². The number of hydrogen-bond acceptors (Lipinski definition) is 7. The molecule has 0 saturated carbocycles. The molecular weight excluding hydrogens is 364 g/mol. The van der Waals surface area contributed by atoms with Crippen LogP contribution in [0, 0.1) is 6.92 Å². The van der Waals surface area contributed by atoms with Gasteiger partial charge in [0.15, 0.2) is 0 Å². The minimum atomic E-state index is -0.118. The second-order valence-electron chi connectivity index (χ2n) is 7.06. The van der Waals surface area contributed by atoms with Crippen molar-refractivity contribution < 1.29 is 9.73 Å². The molecule has 2 fully saturated rings. The van der Waals surface area contributed by atoms with Crippen molar-refractivity contribution in [2.24, 2.45) is 0 Å². The van der Waals surface area contributed by atoms with Crippen molar-refractivity contribution in [1.29, 1.82) is 0 Å². The van der Waals surface area contributed by atoms with Crippen molar-refractivity contribution in [1.82, 2.24) is 19.7 Å². The Hall–Kier alpha value is -2.00. The molecule has 9 heteroatoms. The third kappa shape index (κ3) is 5.74. The monoisotopic (exact) mass is 392 g/mol. The highest BCUT2D eigenvalue weighted by Gasteiger charge is 2.18. The van der Waals surface area contributed by atoms with Crippen LogP contribution in [0.1, 0.15) is 50.1 Å². The fourth-order valence-electron chi connectivity index (χ4n) is 3.43. The smallest absolute Gasteiger partial charge is 0.255 e. The van der Waals surface area contributed by atoms with Crippen LogP contribution in [0.5, 0.6) is 0 Å². The zero-order chi connectivity index (χ0) is 19.1. The normalized spacial score (nSPS) is 17.3. The highest BCUT2D eigenvalue weighted by atomic mass is 32.1. The van der Waals surface area contributed by atoms with Crippen molar-refractivity contribution in [3.63, 3.8) is 0 Å². The first-order chi connectivity index (χ1) is 13.1. The van der Waals surface area contributed by atoms with Gasteiger partial charge in [0.25, 0.3) is 5.56 Å². The summed E-state index contributed by atoms with van der Waals surface area (Å²) < 4.78 is 6.77. The molecular formula is C18H28N6O2S.